The van der Waals surface area contributed by atoms with Crippen LogP contribution in [0, 0.1) is 0 Å². The van der Waals surface area contributed by atoms with Crippen molar-refractivity contribution in [3.63, 3.8) is 0 Å². The first-order valence-electron chi connectivity index (χ1n) is 9.30. The fourth-order valence-corrected chi connectivity index (χ4v) is 3.38. The molecule has 0 saturated carbocycles. The molecular formula is C19H21N9O. The van der Waals surface area contributed by atoms with E-state index in [1.807, 2.05) is 53.6 Å². The lowest BCUT2D eigenvalue weighted by atomic mass is 10.2. The summed E-state index contributed by atoms with van der Waals surface area (Å²) in [5.41, 5.74) is 8.08. The molecule has 0 aromatic carbocycles. The molecule has 0 atom stereocenters. The van der Waals surface area contributed by atoms with Gasteiger partial charge in [0.15, 0.2) is 11.5 Å². The lowest BCUT2D eigenvalue weighted by Gasteiger charge is -2.25. The molecule has 5 rings (SSSR count). The van der Waals surface area contributed by atoms with E-state index in [9.17, 15) is 0 Å². The molecule has 4 aromatic rings. The Hall–Kier alpha value is -3.50. The quantitative estimate of drug-likeness (QED) is 0.533. The van der Waals surface area contributed by atoms with Gasteiger partial charge in [0, 0.05) is 32.1 Å². The molecule has 0 aliphatic carbocycles. The van der Waals surface area contributed by atoms with Crippen LogP contribution >= 0.6 is 0 Å². The third-order valence-corrected chi connectivity index (χ3v) is 4.89. The first-order chi connectivity index (χ1) is 14.2. The number of nitrogens with one attached hydrogen (secondary N) is 1. The molecular weight excluding hydrogens is 370 g/mol. The van der Waals surface area contributed by atoms with Crippen LogP contribution < -0.4 is 10.4 Å². The Morgan fingerprint density at radius 2 is 2.03 bits per heavy atom. The minimum absolute atomic E-state index is 0.622. The van der Waals surface area contributed by atoms with Crippen LogP contribution in [-0.4, -0.2) is 55.2 Å². The Morgan fingerprint density at radius 3 is 2.93 bits per heavy atom. The monoisotopic (exact) mass is 391 g/mol. The minimum atomic E-state index is 0.622. The maximum Gasteiger partial charge on any atom is 0.170 e. The molecule has 4 aromatic heterocycles. The van der Waals surface area contributed by atoms with E-state index in [2.05, 4.69) is 31.7 Å². The molecule has 0 amide bonds. The summed E-state index contributed by atoms with van der Waals surface area (Å²) in [5, 5.41) is 12.6. The molecule has 1 aliphatic heterocycles. The van der Waals surface area contributed by atoms with Crippen LogP contribution in [0.3, 0.4) is 0 Å². The fourth-order valence-electron chi connectivity index (χ4n) is 3.38. The highest BCUT2D eigenvalue weighted by molar-refractivity contribution is 5.73. The standard InChI is InChI=1S/C19H21N9O/c1-25-24-17-5-4-16(15-9-21-26(12-15)7-8-29-2)23-19(17)28(25)11-14-3-6-18-20-13-22-27(18)10-14/h3-6,9-10,12-13,24H,7-8,11H2,1-2H3. The van der Waals surface area contributed by atoms with E-state index in [4.69, 9.17) is 9.72 Å². The van der Waals surface area contributed by atoms with Crippen LogP contribution in [0.4, 0.5) is 11.5 Å². The van der Waals surface area contributed by atoms with Crippen LogP contribution in [-0.2, 0) is 17.8 Å². The van der Waals surface area contributed by atoms with Gasteiger partial charge in [0.25, 0.3) is 0 Å². The topological polar surface area (TPSA) is 88.6 Å². The third-order valence-electron chi connectivity index (χ3n) is 4.89. The van der Waals surface area contributed by atoms with E-state index in [0.717, 1.165) is 34.0 Å². The molecule has 5 heterocycles. The molecule has 10 nitrogen and oxygen atoms in total. The Bertz CT molecular complexity index is 1150. The van der Waals surface area contributed by atoms with Gasteiger partial charge in [-0.25, -0.2) is 14.5 Å². The van der Waals surface area contributed by atoms with Crippen LogP contribution in [0.2, 0.25) is 0 Å². The van der Waals surface area contributed by atoms with Gasteiger partial charge >= 0.3 is 0 Å². The number of hydrogen-bond acceptors (Lipinski definition) is 8. The predicted molar refractivity (Wildman–Crippen MR) is 108 cm³/mol. The van der Waals surface area contributed by atoms with Crippen molar-refractivity contribution in [3.05, 3.63) is 54.7 Å². The van der Waals surface area contributed by atoms with Gasteiger partial charge in [0.05, 0.1) is 37.3 Å². The van der Waals surface area contributed by atoms with E-state index < -0.39 is 0 Å². The Kier molecular flexibility index (Phi) is 4.34. The maximum absolute atomic E-state index is 5.12. The van der Waals surface area contributed by atoms with Gasteiger partial charge in [-0.05, 0) is 23.8 Å². The van der Waals surface area contributed by atoms with Crippen molar-refractivity contribution in [1.82, 2.24) is 34.5 Å². The lowest BCUT2D eigenvalue weighted by molar-refractivity contribution is 0.183. The smallest absolute Gasteiger partial charge is 0.170 e. The third kappa shape index (κ3) is 3.28. The van der Waals surface area contributed by atoms with E-state index in [1.165, 1.54) is 0 Å². The SMILES string of the molecule is COCCn1cc(-c2ccc3c(n2)N(Cc2ccc4ncnn4c2)N(C)N3)cn1. The molecule has 0 bridgehead atoms. The number of fused-ring (bicyclic) bond motifs is 2. The highest BCUT2D eigenvalue weighted by atomic mass is 16.5. The average Bonchev–Trinajstić information content (AvgIpc) is 3.45. The molecule has 29 heavy (non-hydrogen) atoms. The average molecular weight is 391 g/mol. The number of rotatable bonds is 6. The fraction of sp³-hybridized carbons (Fsp3) is 0.263. The number of pyridine rings is 2. The minimum Gasteiger partial charge on any atom is -0.383 e. The Balaban J connectivity index is 1.43. The number of aromatic nitrogens is 6. The number of nitrogens with zero attached hydrogens (tertiary/aromatic N) is 8. The molecule has 1 aliphatic rings. The molecule has 0 radical (unpaired) electrons. The summed E-state index contributed by atoms with van der Waals surface area (Å²) in [6.07, 6.45) is 7.36. The first kappa shape index (κ1) is 17.6. The van der Waals surface area contributed by atoms with Crippen LogP contribution in [0.25, 0.3) is 16.9 Å². The summed E-state index contributed by atoms with van der Waals surface area (Å²) >= 11 is 0. The van der Waals surface area contributed by atoms with Gasteiger partial charge in [-0.2, -0.15) is 10.2 Å². The van der Waals surface area contributed by atoms with Crippen molar-refractivity contribution in [2.45, 2.75) is 13.1 Å². The van der Waals surface area contributed by atoms with Gasteiger partial charge in [0.2, 0.25) is 0 Å². The highest BCUT2D eigenvalue weighted by Crippen LogP contribution is 2.34. The van der Waals surface area contributed by atoms with E-state index >= 15 is 0 Å². The van der Waals surface area contributed by atoms with Gasteiger partial charge in [-0.15, -0.1) is 5.12 Å². The summed E-state index contributed by atoms with van der Waals surface area (Å²) in [6.45, 7) is 1.98. The zero-order valence-corrected chi connectivity index (χ0v) is 16.2. The maximum atomic E-state index is 5.12. The molecule has 0 spiro atoms. The van der Waals surface area contributed by atoms with Crippen molar-refractivity contribution in [2.75, 3.05) is 31.2 Å². The number of methoxy groups -OCH3 is 1. The van der Waals surface area contributed by atoms with Crippen molar-refractivity contribution >= 4 is 17.2 Å². The number of hydrogen-bond donors (Lipinski definition) is 1. The van der Waals surface area contributed by atoms with Crippen molar-refractivity contribution in [1.29, 1.82) is 0 Å². The largest absolute Gasteiger partial charge is 0.383 e. The van der Waals surface area contributed by atoms with E-state index in [1.54, 1.807) is 18.0 Å². The normalized spacial score (nSPS) is 13.8. The van der Waals surface area contributed by atoms with Crippen LogP contribution in [0.15, 0.2) is 49.2 Å². The summed E-state index contributed by atoms with van der Waals surface area (Å²) in [6, 6.07) is 8.06. The van der Waals surface area contributed by atoms with Gasteiger partial charge in [0.1, 0.15) is 6.33 Å². The zero-order valence-electron chi connectivity index (χ0n) is 16.2. The summed E-state index contributed by atoms with van der Waals surface area (Å²) in [5.74, 6) is 0.869. The van der Waals surface area contributed by atoms with Gasteiger partial charge in [-0.3, -0.25) is 15.1 Å². The number of anilines is 2. The van der Waals surface area contributed by atoms with Crippen molar-refractivity contribution < 1.29 is 4.74 Å². The summed E-state index contributed by atoms with van der Waals surface area (Å²) in [7, 11) is 3.66. The summed E-state index contributed by atoms with van der Waals surface area (Å²) < 4.78 is 8.76. The Morgan fingerprint density at radius 1 is 1.10 bits per heavy atom. The van der Waals surface area contributed by atoms with Crippen LogP contribution in [0.1, 0.15) is 5.56 Å². The Labute approximate surface area is 167 Å². The summed E-state index contributed by atoms with van der Waals surface area (Å²) in [4.78, 5) is 9.10. The van der Waals surface area contributed by atoms with Gasteiger partial charge in [-0.1, -0.05) is 6.07 Å². The first-order valence-corrected chi connectivity index (χ1v) is 9.30. The van der Waals surface area contributed by atoms with Gasteiger partial charge < -0.3 is 4.74 Å². The molecule has 148 valence electrons. The highest BCUT2D eigenvalue weighted by Gasteiger charge is 2.26. The molecule has 0 unspecified atom stereocenters. The zero-order chi connectivity index (χ0) is 19.8. The van der Waals surface area contributed by atoms with Crippen LogP contribution in [0.5, 0.6) is 0 Å². The second-order valence-corrected chi connectivity index (χ2v) is 6.85. The predicted octanol–water partition coefficient (Wildman–Crippen LogP) is 1.83. The van der Waals surface area contributed by atoms with Crippen molar-refractivity contribution in [3.8, 4) is 11.3 Å². The number of hydrazine groups is 2. The van der Waals surface area contributed by atoms with E-state index in [-0.39, 0.29) is 0 Å². The molecule has 0 fully saturated rings. The molecule has 10 heteroatoms. The second kappa shape index (κ2) is 7.15. The van der Waals surface area contributed by atoms with E-state index in [0.29, 0.717) is 19.7 Å². The molecule has 1 N–H and O–H groups in total. The molecule has 0 saturated heterocycles. The second-order valence-electron chi connectivity index (χ2n) is 6.85. The van der Waals surface area contributed by atoms with Crippen molar-refractivity contribution in [2.24, 2.45) is 0 Å². The number of ether oxygens (including phenoxy) is 1. The lowest BCUT2D eigenvalue weighted by Crippen LogP contribution is -2.38.